The van der Waals surface area contributed by atoms with Gasteiger partial charge in [0.15, 0.2) is 0 Å². The standard InChI is InChI=1S/C24H32N6O6S/c25-13-5-4-8-19(23(33)29-22(32)18-11-9-17(10-12-18)21(26)27)28-24(34)20(14-31)30-37(35,36)15-16-6-2-1-3-7-16/h1-3,6-7,9-12,19-20,30-31H,4-5,8,13-15,25H2,(H3,26,27)(H,28,34)(H,29,32,33)/t19-,20+/m0/s1. The lowest BCUT2D eigenvalue weighted by atomic mass is 10.1. The molecular formula is C24H32N6O6S. The number of hydrogen-bond donors (Lipinski definition) is 7. The van der Waals surface area contributed by atoms with Crippen LogP contribution < -0.4 is 26.8 Å². The number of aliphatic hydroxyl groups is 1. The van der Waals surface area contributed by atoms with Crippen molar-refractivity contribution in [2.45, 2.75) is 37.1 Å². The largest absolute Gasteiger partial charge is 0.394 e. The highest BCUT2D eigenvalue weighted by Gasteiger charge is 2.29. The number of rotatable bonds is 14. The fourth-order valence-corrected chi connectivity index (χ4v) is 4.66. The average molecular weight is 533 g/mol. The Kier molecular flexibility index (Phi) is 11.3. The molecule has 0 aliphatic carbocycles. The predicted octanol–water partition coefficient (Wildman–Crippen LogP) is -0.679. The van der Waals surface area contributed by atoms with Crippen LogP contribution in [0.5, 0.6) is 0 Å². The second-order valence-electron chi connectivity index (χ2n) is 8.25. The van der Waals surface area contributed by atoms with Crippen LogP contribution in [0.4, 0.5) is 0 Å². The first-order valence-electron chi connectivity index (χ1n) is 11.5. The van der Waals surface area contributed by atoms with Crippen LogP contribution in [0.15, 0.2) is 54.6 Å². The Morgan fingerprint density at radius 3 is 2.11 bits per heavy atom. The molecule has 9 N–H and O–H groups in total. The van der Waals surface area contributed by atoms with E-state index in [0.717, 1.165) is 0 Å². The summed E-state index contributed by atoms with van der Waals surface area (Å²) in [5.74, 6) is -3.06. The van der Waals surface area contributed by atoms with Crippen molar-refractivity contribution in [2.75, 3.05) is 13.2 Å². The highest BCUT2D eigenvalue weighted by atomic mass is 32.2. The minimum Gasteiger partial charge on any atom is -0.394 e. The van der Waals surface area contributed by atoms with E-state index in [1.165, 1.54) is 24.3 Å². The van der Waals surface area contributed by atoms with Gasteiger partial charge in [-0.05, 0) is 43.5 Å². The lowest BCUT2D eigenvalue weighted by molar-refractivity contribution is -0.130. The van der Waals surface area contributed by atoms with Gasteiger partial charge in [-0.2, -0.15) is 0 Å². The summed E-state index contributed by atoms with van der Waals surface area (Å²) >= 11 is 0. The number of nitrogens with one attached hydrogen (secondary N) is 4. The monoisotopic (exact) mass is 532 g/mol. The molecule has 0 radical (unpaired) electrons. The quantitative estimate of drug-likeness (QED) is 0.0937. The number of nitrogen functional groups attached to an aromatic ring is 1. The van der Waals surface area contributed by atoms with Gasteiger partial charge in [0.05, 0.1) is 12.4 Å². The minimum absolute atomic E-state index is 0.125. The van der Waals surface area contributed by atoms with Crippen molar-refractivity contribution in [3.8, 4) is 0 Å². The third-order valence-electron chi connectivity index (χ3n) is 5.30. The van der Waals surface area contributed by atoms with Crippen LogP contribution in [0.25, 0.3) is 0 Å². The molecule has 13 heteroatoms. The summed E-state index contributed by atoms with van der Waals surface area (Å²) < 4.78 is 27.2. The molecule has 12 nitrogen and oxygen atoms in total. The number of benzene rings is 2. The number of nitrogens with two attached hydrogens (primary N) is 2. The second-order valence-corrected chi connectivity index (χ2v) is 10.0. The molecule has 0 aromatic heterocycles. The fourth-order valence-electron chi connectivity index (χ4n) is 3.33. The molecule has 0 aliphatic heterocycles. The molecule has 200 valence electrons. The van der Waals surface area contributed by atoms with Crippen LogP contribution in [-0.2, 0) is 25.4 Å². The summed E-state index contributed by atoms with van der Waals surface area (Å²) in [5.41, 5.74) is 11.9. The van der Waals surface area contributed by atoms with E-state index in [9.17, 15) is 27.9 Å². The van der Waals surface area contributed by atoms with Crippen molar-refractivity contribution in [1.82, 2.24) is 15.4 Å². The number of sulfonamides is 1. The van der Waals surface area contributed by atoms with Crippen LogP contribution in [0.3, 0.4) is 0 Å². The first-order valence-corrected chi connectivity index (χ1v) is 13.2. The summed E-state index contributed by atoms with van der Waals surface area (Å²) in [6.07, 6.45) is 1.12. The molecule has 0 heterocycles. The Labute approximate surface area is 215 Å². The zero-order valence-electron chi connectivity index (χ0n) is 20.1. The SMILES string of the molecule is N=C(N)c1ccc(C(=O)NC(=O)[C@H](CCCCN)NC(=O)[C@@H](CO)NS(=O)(=O)Cc2ccccc2)cc1. The molecule has 2 atom stereocenters. The number of hydrogen-bond acceptors (Lipinski definition) is 8. The number of amides is 3. The number of carbonyl (C=O) groups excluding carboxylic acids is 3. The smallest absolute Gasteiger partial charge is 0.257 e. The molecule has 3 amide bonds. The minimum atomic E-state index is -4.00. The number of unbranched alkanes of at least 4 members (excludes halogenated alkanes) is 1. The lowest BCUT2D eigenvalue weighted by Gasteiger charge is -2.22. The lowest BCUT2D eigenvalue weighted by Crippen LogP contribution is -2.55. The normalized spacial score (nSPS) is 12.8. The summed E-state index contributed by atoms with van der Waals surface area (Å²) in [7, 11) is -4.00. The Morgan fingerprint density at radius 2 is 1.54 bits per heavy atom. The van der Waals surface area contributed by atoms with Gasteiger partial charge in [-0.1, -0.05) is 42.5 Å². The second kappa shape index (κ2) is 14.2. The van der Waals surface area contributed by atoms with E-state index >= 15 is 0 Å². The first-order chi connectivity index (χ1) is 17.6. The van der Waals surface area contributed by atoms with E-state index in [0.29, 0.717) is 30.5 Å². The summed E-state index contributed by atoms with van der Waals surface area (Å²) in [4.78, 5) is 38.2. The summed E-state index contributed by atoms with van der Waals surface area (Å²) in [6, 6.07) is 11.2. The molecule has 0 saturated carbocycles. The van der Waals surface area contributed by atoms with Crippen LogP contribution in [0.2, 0.25) is 0 Å². The van der Waals surface area contributed by atoms with Crippen molar-refractivity contribution >= 4 is 33.6 Å². The van der Waals surface area contributed by atoms with Crippen LogP contribution in [0.1, 0.15) is 40.7 Å². The van der Waals surface area contributed by atoms with Gasteiger partial charge in [0.2, 0.25) is 21.8 Å². The van der Waals surface area contributed by atoms with Gasteiger partial charge >= 0.3 is 0 Å². The van der Waals surface area contributed by atoms with E-state index < -0.39 is 52.2 Å². The number of imide groups is 1. The Balaban J connectivity index is 2.08. The van der Waals surface area contributed by atoms with Gasteiger partial charge in [0.1, 0.15) is 17.9 Å². The van der Waals surface area contributed by atoms with Crippen LogP contribution >= 0.6 is 0 Å². The van der Waals surface area contributed by atoms with Crippen molar-refractivity contribution < 1.29 is 27.9 Å². The van der Waals surface area contributed by atoms with E-state index in [1.54, 1.807) is 30.3 Å². The van der Waals surface area contributed by atoms with Crippen molar-refractivity contribution in [1.29, 1.82) is 5.41 Å². The molecule has 2 aromatic carbocycles. The zero-order valence-corrected chi connectivity index (χ0v) is 21.0. The van der Waals surface area contributed by atoms with Crippen LogP contribution in [0, 0.1) is 5.41 Å². The Hall–Kier alpha value is -3.65. The maximum Gasteiger partial charge on any atom is 0.257 e. The fraction of sp³-hybridized carbons (Fsp3) is 0.333. The molecule has 2 aromatic rings. The molecule has 0 fully saturated rings. The molecule has 2 rings (SSSR count). The van der Waals surface area contributed by atoms with E-state index in [2.05, 4.69) is 15.4 Å². The molecule has 0 bridgehead atoms. The van der Waals surface area contributed by atoms with Crippen LogP contribution in [-0.4, -0.2) is 62.3 Å². The van der Waals surface area contributed by atoms with E-state index in [1.807, 2.05) is 0 Å². The summed E-state index contributed by atoms with van der Waals surface area (Å²) in [5, 5.41) is 21.7. The average Bonchev–Trinajstić information content (AvgIpc) is 2.87. The topological polar surface area (TPSA) is 218 Å². The third-order valence-corrected chi connectivity index (χ3v) is 6.65. The molecule has 0 aliphatic rings. The van der Waals surface area contributed by atoms with E-state index in [-0.39, 0.29) is 17.8 Å². The van der Waals surface area contributed by atoms with Gasteiger partial charge in [-0.3, -0.25) is 25.1 Å². The van der Waals surface area contributed by atoms with Gasteiger partial charge in [-0.15, -0.1) is 0 Å². The zero-order chi connectivity index (χ0) is 27.4. The molecule has 0 unspecified atom stereocenters. The van der Waals surface area contributed by atoms with Gasteiger partial charge in [-0.25, -0.2) is 13.1 Å². The molecular weight excluding hydrogens is 500 g/mol. The van der Waals surface area contributed by atoms with Crippen molar-refractivity contribution in [3.63, 3.8) is 0 Å². The maximum atomic E-state index is 12.8. The van der Waals surface area contributed by atoms with E-state index in [4.69, 9.17) is 16.9 Å². The van der Waals surface area contributed by atoms with Gasteiger partial charge in [0.25, 0.3) is 5.91 Å². The maximum absolute atomic E-state index is 12.8. The number of carbonyl (C=O) groups is 3. The molecule has 0 saturated heterocycles. The highest BCUT2D eigenvalue weighted by molar-refractivity contribution is 7.88. The first kappa shape index (κ1) is 29.6. The highest BCUT2D eigenvalue weighted by Crippen LogP contribution is 2.08. The molecule has 37 heavy (non-hydrogen) atoms. The summed E-state index contributed by atoms with van der Waals surface area (Å²) in [6.45, 7) is -0.499. The van der Waals surface area contributed by atoms with Gasteiger partial charge in [0, 0.05) is 11.1 Å². The third kappa shape index (κ3) is 9.73. The van der Waals surface area contributed by atoms with Gasteiger partial charge < -0.3 is 21.9 Å². The Morgan fingerprint density at radius 1 is 0.919 bits per heavy atom. The molecule has 0 spiro atoms. The Bertz CT molecular complexity index is 1190. The number of aliphatic hydroxyl groups excluding tert-OH is 1. The number of amidine groups is 1. The predicted molar refractivity (Wildman–Crippen MR) is 138 cm³/mol. The van der Waals surface area contributed by atoms with Crippen molar-refractivity contribution in [3.05, 3.63) is 71.3 Å². The van der Waals surface area contributed by atoms with Crippen molar-refractivity contribution in [2.24, 2.45) is 11.5 Å².